The Labute approximate surface area is 124 Å². The zero-order valence-electron chi connectivity index (χ0n) is 12.0. The summed E-state index contributed by atoms with van der Waals surface area (Å²) in [5, 5.41) is 12.0. The van der Waals surface area contributed by atoms with Crippen LogP contribution in [-0.2, 0) is 6.61 Å². The van der Waals surface area contributed by atoms with Gasteiger partial charge in [-0.25, -0.2) is 0 Å². The van der Waals surface area contributed by atoms with E-state index in [9.17, 15) is 5.11 Å². The van der Waals surface area contributed by atoms with E-state index in [4.69, 9.17) is 0 Å². The molecule has 106 valence electrons. The molecule has 3 rings (SSSR count). The zero-order valence-corrected chi connectivity index (χ0v) is 12.0. The number of benzene rings is 2. The van der Waals surface area contributed by atoms with Crippen LogP contribution in [0.5, 0.6) is 0 Å². The van der Waals surface area contributed by atoms with Crippen LogP contribution in [0, 0.1) is 0 Å². The predicted octanol–water partition coefficient (Wildman–Crippen LogP) is 3.89. The van der Waals surface area contributed by atoms with Crippen molar-refractivity contribution in [1.82, 2.24) is 4.98 Å². The summed E-state index contributed by atoms with van der Waals surface area (Å²) >= 11 is 0. The number of rotatable bonds is 4. The highest BCUT2D eigenvalue weighted by molar-refractivity contribution is 5.96. The Bertz CT molecular complexity index is 750. The summed E-state index contributed by atoms with van der Waals surface area (Å²) in [6, 6.07) is 16.5. The Balaban J connectivity index is 2.19. The van der Waals surface area contributed by atoms with Crippen LogP contribution in [0.4, 0.5) is 11.4 Å². The van der Waals surface area contributed by atoms with E-state index in [1.54, 1.807) is 6.20 Å². The lowest BCUT2D eigenvalue weighted by Crippen LogP contribution is -2.18. The number of pyridine rings is 1. The van der Waals surface area contributed by atoms with Crippen LogP contribution in [0.15, 0.2) is 60.9 Å². The summed E-state index contributed by atoms with van der Waals surface area (Å²) in [4.78, 5) is 6.41. The molecule has 3 aromatic rings. The molecule has 2 aromatic carbocycles. The first kappa shape index (κ1) is 13.6. The Kier molecular flexibility index (Phi) is 3.84. The summed E-state index contributed by atoms with van der Waals surface area (Å²) in [7, 11) is 0. The van der Waals surface area contributed by atoms with Crippen molar-refractivity contribution in [3.05, 3.63) is 66.5 Å². The number of aromatic nitrogens is 1. The second kappa shape index (κ2) is 5.94. The molecular weight excluding hydrogens is 260 g/mol. The molecule has 0 amide bonds. The van der Waals surface area contributed by atoms with Crippen molar-refractivity contribution < 1.29 is 5.11 Å². The van der Waals surface area contributed by atoms with Crippen LogP contribution in [0.2, 0.25) is 0 Å². The molecule has 0 saturated carbocycles. The summed E-state index contributed by atoms with van der Waals surface area (Å²) in [6.45, 7) is 2.93. The molecular formula is C18H18N2O. The average molecular weight is 278 g/mol. The molecule has 0 unspecified atom stereocenters. The fraction of sp³-hybridized carbons (Fsp3) is 0.167. The number of fused-ring (bicyclic) bond motifs is 1. The van der Waals surface area contributed by atoms with E-state index in [2.05, 4.69) is 53.2 Å². The normalized spacial score (nSPS) is 10.8. The Morgan fingerprint density at radius 2 is 1.81 bits per heavy atom. The Morgan fingerprint density at radius 1 is 1.00 bits per heavy atom. The monoisotopic (exact) mass is 278 g/mol. The van der Waals surface area contributed by atoms with Gasteiger partial charge in [0.1, 0.15) is 0 Å². The van der Waals surface area contributed by atoms with Crippen LogP contribution >= 0.6 is 0 Å². The van der Waals surface area contributed by atoms with Gasteiger partial charge in [-0.2, -0.15) is 0 Å². The van der Waals surface area contributed by atoms with Crippen molar-refractivity contribution in [3.8, 4) is 0 Å². The predicted molar refractivity (Wildman–Crippen MR) is 86.8 cm³/mol. The highest BCUT2D eigenvalue weighted by atomic mass is 16.3. The molecule has 0 fully saturated rings. The molecule has 0 bridgehead atoms. The molecule has 0 radical (unpaired) electrons. The maximum atomic E-state index is 9.57. The van der Waals surface area contributed by atoms with Gasteiger partial charge in [0, 0.05) is 29.4 Å². The Morgan fingerprint density at radius 3 is 2.62 bits per heavy atom. The van der Waals surface area contributed by atoms with E-state index < -0.39 is 0 Å². The van der Waals surface area contributed by atoms with Gasteiger partial charge in [0.15, 0.2) is 0 Å². The topological polar surface area (TPSA) is 36.4 Å². The minimum absolute atomic E-state index is 0.0130. The van der Waals surface area contributed by atoms with Crippen molar-refractivity contribution in [2.24, 2.45) is 0 Å². The summed E-state index contributed by atoms with van der Waals surface area (Å²) in [5.74, 6) is 0. The molecule has 0 atom stereocenters. The lowest BCUT2D eigenvalue weighted by Gasteiger charge is -2.26. The molecule has 0 aliphatic carbocycles. The molecule has 0 aliphatic heterocycles. The van der Waals surface area contributed by atoms with Crippen LogP contribution in [0.3, 0.4) is 0 Å². The molecule has 1 N–H and O–H groups in total. The van der Waals surface area contributed by atoms with Gasteiger partial charge in [-0.1, -0.05) is 36.4 Å². The van der Waals surface area contributed by atoms with Crippen LogP contribution < -0.4 is 4.90 Å². The lowest BCUT2D eigenvalue weighted by molar-refractivity contribution is 0.282. The fourth-order valence-corrected chi connectivity index (χ4v) is 2.71. The largest absolute Gasteiger partial charge is 0.392 e. The average Bonchev–Trinajstić information content (AvgIpc) is 2.56. The standard InChI is InChI=1S/C18H18N2O/c1-2-20(18-12-19-11-10-15(18)13-21)17-9-5-7-14-6-3-4-8-16(14)17/h3-12,21H,2,13H2,1H3. The van der Waals surface area contributed by atoms with E-state index in [1.807, 2.05) is 18.3 Å². The molecule has 1 aromatic heterocycles. The lowest BCUT2D eigenvalue weighted by atomic mass is 10.1. The van der Waals surface area contributed by atoms with Crippen molar-refractivity contribution in [1.29, 1.82) is 0 Å². The van der Waals surface area contributed by atoms with E-state index in [0.717, 1.165) is 23.5 Å². The number of aliphatic hydroxyl groups excluding tert-OH is 1. The third kappa shape index (κ3) is 2.48. The van der Waals surface area contributed by atoms with Crippen molar-refractivity contribution >= 4 is 22.1 Å². The minimum atomic E-state index is 0.0130. The van der Waals surface area contributed by atoms with Crippen molar-refractivity contribution in [2.75, 3.05) is 11.4 Å². The van der Waals surface area contributed by atoms with Crippen molar-refractivity contribution in [2.45, 2.75) is 13.5 Å². The van der Waals surface area contributed by atoms with E-state index in [1.165, 1.54) is 10.8 Å². The fourth-order valence-electron chi connectivity index (χ4n) is 2.71. The minimum Gasteiger partial charge on any atom is -0.392 e. The van der Waals surface area contributed by atoms with Gasteiger partial charge in [0.05, 0.1) is 18.5 Å². The van der Waals surface area contributed by atoms with Gasteiger partial charge in [0.25, 0.3) is 0 Å². The smallest absolute Gasteiger partial charge is 0.0703 e. The summed E-state index contributed by atoms with van der Waals surface area (Å²) < 4.78 is 0. The summed E-state index contributed by atoms with van der Waals surface area (Å²) in [5.41, 5.74) is 2.98. The number of nitrogens with zero attached hydrogens (tertiary/aromatic N) is 2. The second-order valence-corrected chi connectivity index (χ2v) is 4.91. The second-order valence-electron chi connectivity index (χ2n) is 4.91. The first-order chi connectivity index (χ1) is 10.3. The van der Waals surface area contributed by atoms with E-state index >= 15 is 0 Å². The van der Waals surface area contributed by atoms with Gasteiger partial charge in [0.2, 0.25) is 0 Å². The third-order valence-corrected chi connectivity index (χ3v) is 3.72. The number of hydrogen-bond donors (Lipinski definition) is 1. The zero-order chi connectivity index (χ0) is 14.7. The molecule has 3 heteroatoms. The molecule has 0 saturated heterocycles. The maximum absolute atomic E-state index is 9.57. The highest BCUT2D eigenvalue weighted by Crippen LogP contribution is 2.33. The molecule has 0 spiro atoms. The van der Waals surface area contributed by atoms with Crippen LogP contribution in [-0.4, -0.2) is 16.6 Å². The van der Waals surface area contributed by atoms with Gasteiger partial charge in [-0.05, 0) is 24.4 Å². The first-order valence-corrected chi connectivity index (χ1v) is 7.14. The SMILES string of the molecule is CCN(c1cnccc1CO)c1cccc2ccccc12. The van der Waals surface area contributed by atoms with Crippen LogP contribution in [0.25, 0.3) is 10.8 Å². The molecule has 1 heterocycles. The quantitative estimate of drug-likeness (QED) is 0.786. The van der Waals surface area contributed by atoms with Gasteiger partial charge < -0.3 is 10.0 Å². The summed E-state index contributed by atoms with van der Waals surface area (Å²) in [6.07, 6.45) is 3.53. The highest BCUT2D eigenvalue weighted by Gasteiger charge is 2.13. The number of anilines is 2. The van der Waals surface area contributed by atoms with Gasteiger partial charge in [-0.3, -0.25) is 4.98 Å². The van der Waals surface area contributed by atoms with Gasteiger partial charge in [-0.15, -0.1) is 0 Å². The Hall–Kier alpha value is -2.39. The number of aliphatic hydroxyl groups is 1. The molecule has 3 nitrogen and oxygen atoms in total. The first-order valence-electron chi connectivity index (χ1n) is 7.14. The van der Waals surface area contributed by atoms with Crippen LogP contribution in [0.1, 0.15) is 12.5 Å². The number of hydrogen-bond acceptors (Lipinski definition) is 3. The third-order valence-electron chi connectivity index (χ3n) is 3.72. The molecule has 21 heavy (non-hydrogen) atoms. The molecule has 0 aliphatic rings. The van der Waals surface area contributed by atoms with E-state index in [-0.39, 0.29) is 6.61 Å². The van der Waals surface area contributed by atoms with E-state index in [0.29, 0.717) is 0 Å². The van der Waals surface area contributed by atoms with Crippen molar-refractivity contribution in [3.63, 3.8) is 0 Å². The maximum Gasteiger partial charge on any atom is 0.0703 e. The van der Waals surface area contributed by atoms with Gasteiger partial charge >= 0.3 is 0 Å².